The van der Waals surface area contributed by atoms with Gasteiger partial charge in [-0.25, -0.2) is 4.39 Å². The van der Waals surface area contributed by atoms with Gasteiger partial charge in [-0.05, 0) is 48.6 Å². The molecule has 5 heteroatoms. The second-order valence-corrected chi connectivity index (χ2v) is 5.11. The molecule has 1 amide bonds. The van der Waals surface area contributed by atoms with E-state index < -0.39 is 0 Å². The molecule has 1 aromatic heterocycles. The highest BCUT2D eigenvalue weighted by molar-refractivity contribution is 5.78. The summed E-state index contributed by atoms with van der Waals surface area (Å²) in [5.41, 5.74) is 2.82. The molecule has 1 heterocycles. The van der Waals surface area contributed by atoms with E-state index in [1.165, 1.54) is 12.1 Å². The standard InChI is InChI=1S/C15H16FN3O/c16-11-5-4-10-2-1-3-14(13(10)8-11)18-15(20)9-12-6-7-17-19-12/h4-8,14H,1-3,9H2,(H,17,19)(H,18,20)/t14-/m0/s1. The maximum Gasteiger partial charge on any atom is 0.226 e. The number of carbonyl (C=O) groups excluding carboxylic acids is 1. The Balaban J connectivity index is 1.72. The molecule has 1 aromatic carbocycles. The van der Waals surface area contributed by atoms with Crippen LogP contribution in [0.1, 0.15) is 35.7 Å². The fraction of sp³-hybridized carbons (Fsp3) is 0.333. The molecule has 2 N–H and O–H groups in total. The van der Waals surface area contributed by atoms with Crippen molar-refractivity contribution in [3.63, 3.8) is 0 Å². The predicted octanol–water partition coefficient (Wildman–Crippen LogP) is 2.29. The molecule has 3 rings (SSSR count). The van der Waals surface area contributed by atoms with Gasteiger partial charge in [-0.1, -0.05) is 6.07 Å². The van der Waals surface area contributed by atoms with Crippen LogP contribution in [0.5, 0.6) is 0 Å². The molecule has 104 valence electrons. The van der Waals surface area contributed by atoms with Crippen molar-refractivity contribution in [1.29, 1.82) is 0 Å². The summed E-state index contributed by atoms with van der Waals surface area (Å²) in [6.07, 6.45) is 4.69. The number of carbonyl (C=O) groups is 1. The van der Waals surface area contributed by atoms with Crippen LogP contribution in [0.3, 0.4) is 0 Å². The number of hydrogen-bond acceptors (Lipinski definition) is 2. The molecule has 0 aliphatic heterocycles. The molecule has 0 fully saturated rings. The first kappa shape index (κ1) is 12.8. The lowest BCUT2D eigenvalue weighted by molar-refractivity contribution is -0.121. The average molecular weight is 273 g/mol. The monoisotopic (exact) mass is 273 g/mol. The van der Waals surface area contributed by atoms with Crippen LogP contribution in [0.2, 0.25) is 0 Å². The molecule has 1 atom stereocenters. The second kappa shape index (κ2) is 5.45. The van der Waals surface area contributed by atoms with Gasteiger partial charge in [-0.15, -0.1) is 0 Å². The van der Waals surface area contributed by atoms with Crippen LogP contribution in [0.4, 0.5) is 4.39 Å². The zero-order chi connectivity index (χ0) is 13.9. The molecule has 0 unspecified atom stereocenters. The van der Waals surface area contributed by atoms with Gasteiger partial charge < -0.3 is 5.32 Å². The highest BCUT2D eigenvalue weighted by atomic mass is 19.1. The minimum atomic E-state index is -0.251. The van der Waals surface area contributed by atoms with E-state index in [-0.39, 0.29) is 24.2 Å². The summed E-state index contributed by atoms with van der Waals surface area (Å²) >= 11 is 0. The number of nitrogens with zero attached hydrogens (tertiary/aromatic N) is 1. The number of benzene rings is 1. The fourth-order valence-electron chi connectivity index (χ4n) is 2.72. The molecule has 2 aromatic rings. The van der Waals surface area contributed by atoms with Crippen LogP contribution < -0.4 is 5.32 Å². The molecular weight excluding hydrogens is 257 g/mol. The number of aryl methyl sites for hydroxylation is 1. The first-order valence-electron chi connectivity index (χ1n) is 6.78. The SMILES string of the molecule is O=C(Cc1ccn[nH]1)N[C@H]1CCCc2ccc(F)cc21. The van der Waals surface area contributed by atoms with Crippen molar-refractivity contribution in [2.45, 2.75) is 31.7 Å². The summed E-state index contributed by atoms with van der Waals surface area (Å²) in [5.74, 6) is -0.324. The summed E-state index contributed by atoms with van der Waals surface area (Å²) in [4.78, 5) is 12.0. The van der Waals surface area contributed by atoms with Crippen LogP contribution in [0, 0.1) is 5.82 Å². The van der Waals surface area contributed by atoms with Crippen LogP contribution in [-0.4, -0.2) is 16.1 Å². The molecule has 0 spiro atoms. The quantitative estimate of drug-likeness (QED) is 0.901. The van der Waals surface area contributed by atoms with Crippen molar-refractivity contribution < 1.29 is 9.18 Å². The molecular formula is C15H16FN3O. The number of H-pyrrole nitrogens is 1. The van der Waals surface area contributed by atoms with E-state index in [1.807, 2.05) is 6.07 Å². The van der Waals surface area contributed by atoms with Crippen molar-refractivity contribution in [2.75, 3.05) is 0 Å². The summed E-state index contributed by atoms with van der Waals surface area (Å²) < 4.78 is 13.4. The average Bonchev–Trinajstić information content (AvgIpc) is 2.92. The summed E-state index contributed by atoms with van der Waals surface area (Å²) in [5, 5.41) is 9.56. The lowest BCUT2D eigenvalue weighted by Gasteiger charge is -2.26. The number of aromatic amines is 1. The smallest absolute Gasteiger partial charge is 0.226 e. The minimum absolute atomic E-state index is 0.0728. The lowest BCUT2D eigenvalue weighted by Crippen LogP contribution is -2.32. The molecule has 0 saturated heterocycles. The number of aromatic nitrogens is 2. The van der Waals surface area contributed by atoms with Crippen LogP contribution in [0.25, 0.3) is 0 Å². The number of halogens is 1. The van der Waals surface area contributed by atoms with E-state index in [2.05, 4.69) is 15.5 Å². The van der Waals surface area contributed by atoms with Crippen molar-refractivity contribution in [2.24, 2.45) is 0 Å². The summed E-state index contributed by atoms with van der Waals surface area (Å²) in [6, 6.07) is 6.51. The first-order valence-corrected chi connectivity index (χ1v) is 6.78. The Morgan fingerprint density at radius 2 is 2.35 bits per heavy atom. The normalized spacial score (nSPS) is 17.6. The van der Waals surface area contributed by atoms with Gasteiger partial charge in [0.15, 0.2) is 0 Å². The van der Waals surface area contributed by atoms with Crippen molar-refractivity contribution >= 4 is 5.91 Å². The molecule has 1 aliphatic rings. The van der Waals surface area contributed by atoms with Gasteiger partial charge in [0.05, 0.1) is 12.5 Å². The van der Waals surface area contributed by atoms with Crippen LogP contribution >= 0.6 is 0 Å². The van der Waals surface area contributed by atoms with Gasteiger partial charge >= 0.3 is 0 Å². The molecule has 0 radical (unpaired) electrons. The van der Waals surface area contributed by atoms with Crippen molar-refractivity contribution in [1.82, 2.24) is 15.5 Å². The Labute approximate surface area is 116 Å². The maximum atomic E-state index is 13.4. The zero-order valence-corrected chi connectivity index (χ0v) is 11.0. The summed E-state index contributed by atoms with van der Waals surface area (Å²) in [6.45, 7) is 0. The Morgan fingerprint density at radius 1 is 1.45 bits per heavy atom. The van der Waals surface area contributed by atoms with E-state index in [0.717, 1.165) is 36.1 Å². The minimum Gasteiger partial charge on any atom is -0.349 e. The molecule has 0 saturated carbocycles. The first-order chi connectivity index (χ1) is 9.72. The third-order valence-corrected chi connectivity index (χ3v) is 3.67. The third-order valence-electron chi connectivity index (χ3n) is 3.67. The third kappa shape index (κ3) is 2.71. The van der Waals surface area contributed by atoms with Gasteiger partial charge in [-0.3, -0.25) is 9.89 Å². The van der Waals surface area contributed by atoms with E-state index in [1.54, 1.807) is 12.3 Å². The number of hydrogen-bond donors (Lipinski definition) is 2. The van der Waals surface area contributed by atoms with Gasteiger partial charge in [0.2, 0.25) is 5.91 Å². The van der Waals surface area contributed by atoms with Gasteiger partial charge in [0.25, 0.3) is 0 Å². The fourth-order valence-corrected chi connectivity index (χ4v) is 2.72. The lowest BCUT2D eigenvalue weighted by atomic mass is 9.87. The van der Waals surface area contributed by atoms with Crippen molar-refractivity contribution in [3.8, 4) is 0 Å². The van der Waals surface area contributed by atoms with Gasteiger partial charge in [0, 0.05) is 11.9 Å². The van der Waals surface area contributed by atoms with E-state index in [9.17, 15) is 9.18 Å². The molecule has 20 heavy (non-hydrogen) atoms. The topological polar surface area (TPSA) is 57.8 Å². The Hall–Kier alpha value is -2.17. The second-order valence-electron chi connectivity index (χ2n) is 5.11. The number of nitrogens with one attached hydrogen (secondary N) is 2. The highest BCUT2D eigenvalue weighted by Gasteiger charge is 2.22. The van der Waals surface area contributed by atoms with E-state index in [0.29, 0.717) is 0 Å². The zero-order valence-electron chi connectivity index (χ0n) is 11.0. The van der Waals surface area contributed by atoms with E-state index >= 15 is 0 Å². The van der Waals surface area contributed by atoms with Crippen LogP contribution in [0.15, 0.2) is 30.5 Å². The number of rotatable bonds is 3. The van der Waals surface area contributed by atoms with Crippen LogP contribution in [-0.2, 0) is 17.6 Å². The summed E-state index contributed by atoms with van der Waals surface area (Å²) in [7, 11) is 0. The Bertz CT molecular complexity index is 610. The Morgan fingerprint density at radius 3 is 3.15 bits per heavy atom. The molecule has 0 bridgehead atoms. The predicted molar refractivity (Wildman–Crippen MR) is 72.5 cm³/mol. The largest absolute Gasteiger partial charge is 0.349 e. The van der Waals surface area contributed by atoms with Gasteiger partial charge in [0.1, 0.15) is 5.82 Å². The maximum absolute atomic E-state index is 13.4. The van der Waals surface area contributed by atoms with Gasteiger partial charge in [-0.2, -0.15) is 5.10 Å². The molecule has 1 aliphatic carbocycles. The highest BCUT2D eigenvalue weighted by Crippen LogP contribution is 2.30. The van der Waals surface area contributed by atoms with E-state index in [4.69, 9.17) is 0 Å². The number of fused-ring (bicyclic) bond motifs is 1. The Kier molecular flexibility index (Phi) is 3.50. The van der Waals surface area contributed by atoms with Crippen molar-refractivity contribution in [3.05, 3.63) is 53.1 Å². The number of amides is 1. The molecule has 4 nitrogen and oxygen atoms in total.